The molecule has 1 saturated heterocycles. The Hall–Kier alpha value is -1.01. The maximum Gasteiger partial charge on any atom is 0.237 e. The lowest BCUT2D eigenvalue weighted by Crippen LogP contribution is -2.54. The van der Waals surface area contributed by atoms with Gasteiger partial charge in [0.1, 0.15) is 5.75 Å². The molecule has 1 fully saturated rings. The summed E-state index contributed by atoms with van der Waals surface area (Å²) in [4.78, 5) is 15.3. The normalized spacial score (nSPS) is 21.2. The minimum absolute atomic E-state index is 0. The van der Waals surface area contributed by atoms with Crippen molar-refractivity contribution in [2.24, 2.45) is 11.8 Å². The van der Waals surface area contributed by atoms with Gasteiger partial charge in [-0.2, -0.15) is 0 Å². The molecular weight excluding hydrogens is 397 g/mol. The molecule has 0 bridgehead atoms. The molecule has 1 aromatic rings. The minimum atomic E-state index is -0.199. The van der Waals surface area contributed by atoms with Crippen molar-refractivity contribution in [2.75, 3.05) is 19.6 Å². The Morgan fingerprint density at radius 2 is 1.93 bits per heavy atom. The van der Waals surface area contributed by atoms with E-state index in [9.17, 15) is 9.90 Å². The van der Waals surface area contributed by atoms with E-state index in [1.807, 2.05) is 6.07 Å². The summed E-state index contributed by atoms with van der Waals surface area (Å²) in [6, 6.07) is 5.40. The molecule has 0 aliphatic carbocycles. The molecule has 3 rings (SSSR count). The van der Waals surface area contributed by atoms with Crippen molar-refractivity contribution in [3.63, 3.8) is 0 Å². The number of benzene rings is 1. The van der Waals surface area contributed by atoms with Crippen molar-refractivity contribution in [1.82, 2.24) is 15.5 Å². The maximum absolute atomic E-state index is 12.8. The first kappa shape index (κ1) is 25.0. The minimum Gasteiger partial charge on any atom is -0.508 e. The van der Waals surface area contributed by atoms with Crippen LogP contribution in [0.15, 0.2) is 18.2 Å². The largest absolute Gasteiger partial charge is 0.508 e. The van der Waals surface area contributed by atoms with Crippen molar-refractivity contribution < 1.29 is 9.90 Å². The Labute approximate surface area is 181 Å². The van der Waals surface area contributed by atoms with Crippen LogP contribution in [-0.2, 0) is 17.8 Å². The molecule has 2 atom stereocenters. The van der Waals surface area contributed by atoms with Gasteiger partial charge in [-0.3, -0.25) is 4.79 Å². The first-order valence-corrected chi connectivity index (χ1v) is 9.99. The van der Waals surface area contributed by atoms with Crippen LogP contribution < -0.4 is 10.6 Å². The Bertz CT molecular complexity index is 634. The average Bonchev–Trinajstić information content (AvgIpc) is 2.62. The molecule has 5 nitrogen and oxygen atoms in total. The summed E-state index contributed by atoms with van der Waals surface area (Å²) in [5.41, 5.74) is 2.23. The Morgan fingerprint density at radius 3 is 2.57 bits per heavy atom. The van der Waals surface area contributed by atoms with Crippen LogP contribution in [0.5, 0.6) is 5.75 Å². The van der Waals surface area contributed by atoms with Gasteiger partial charge in [-0.1, -0.05) is 26.8 Å². The number of phenols is 1. The third-order valence-corrected chi connectivity index (χ3v) is 5.93. The van der Waals surface area contributed by atoms with Gasteiger partial charge in [0.05, 0.1) is 6.04 Å². The number of hydrogen-bond donors (Lipinski definition) is 3. The predicted octanol–water partition coefficient (Wildman–Crippen LogP) is 3.12. The van der Waals surface area contributed by atoms with Crippen molar-refractivity contribution in [2.45, 2.75) is 58.7 Å². The summed E-state index contributed by atoms with van der Waals surface area (Å²) >= 11 is 0. The van der Waals surface area contributed by atoms with Crippen LogP contribution in [0.4, 0.5) is 0 Å². The highest BCUT2D eigenvalue weighted by atomic mass is 35.5. The van der Waals surface area contributed by atoms with Gasteiger partial charge in [0.15, 0.2) is 0 Å². The fourth-order valence-electron chi connectivity index (χ4n) is 3.92. The second-order valence-corrected chi connectivity index (χ2v) is 8.43. The number of nitrogens with zero attached hydrogens (tertiary/aromatic N) is 1. The van der Waals surface area contributed by atoms with Crippen molar-refractivity contribution in [3.8, 4) is 5.75 Å². The van der Waals surface area contributed by atoms with Crippen LogP contribution in [0, 0.1) is 11.8 Å². The van der Waals surface area contributed by atoms with Gasteiger partial charge < -0.3 is 20.6 Å². The predicted molar refractivity (Wildman–Crippen MR) is 119 cm³/mol. The number of piperidine rings is 1. The average molecular weight is 432 g/mol. The molecule has 0 saturated carbocycles. The number of aromatic hydroxyl groups is 1. The molecule has 160 valence electrons. The highest BCUT2D eigenvalue weighted by Crippen LogP contribution is 2.22. The number of rotatable bonds is 5. The van der Waals surface area contributed by atoms with Gasteiger partial charge in [0.2, 0.25) is 5.91 Å². The monoisotopic (exact) mass is 431 g/mol. The third-order valence-electron chi connectivity index (χ3n) is 5.93. The molecule has 2 aliphatic rings. The lowest BCUT2D eigenvalue weighted by atomic mass is 9.94. The molecule has 0 radical (unpaired) electrons. The van der Waals surface area contributed by atoms with Gasteiger partial charge in [-0.15, -0.1) is 24.8 Å². The highest BCUT2D eigenvalue weighted by molar-refractivity contribution is 5.85. The molecule has 1 aromatic carbocycles. The molecule has 28 heavy (non-hydrogen) atoms. The topological polar surface area (TPSA) is 64.6 Å². The Morgan fingerprint density at radius 1 is 1.25 bits per heavy atom. The fraction of sp³-hybridized carbons (Fsp3) is 0.667. The quantitative estimate of drug-likeness (QED) is 0.669. The number of likely N-dealkylation sites (tertiary alicyclic amines) is 1. The molecule has 3 N–H and O–H groups in total. The van der Waals surface area contributed by atoms with Gasteiger partial charge >= 0.3 is 0 Å². The standard InChI is InChI=1S/C21H33N3O2.2ClH/c1-14(2)20(13-24-8-6-15(3)7-9-24)23-21(26)19-11-16-4-5-18(25)10-17(16)12-22-19;;/h4-5,10,14-15,19-20,22,25H,6-9,11-13H2,1-3H3,(H,23,26);2*1H/t19-,20+;;/m1../s1. The summed E-state index contributed by atoms with van der Waals surface area (Å²) in [5.74, 6) is 1.60. The first-order valence-electron chi connectivity index (χ1n) is 9.99. The fourth-order valence-corrected chi connectivity index (χ4v) is 3.92. The molecule has 0 spiro atoms. The van der Waals surface area contributed by atoms with Gasteiger partial charge in [0.25, 0.3) is 0 Å². The molecule has 1 amide bonds. The number of carbonyl (C=O) groups excluding carboxylic acids is 1. The molecule has 2 aliphatic heterocycles. The van der Waals surface area contributed by atoms with Gasteiger partial charge in [0, 0.05) is 19.1 Å². The number of hydrogen-bond acceptors (Lipinski definition) is 4. The van der Waals surface area contributed by atoms with E-state index in [2.05, 4.69) is 36.3 Å². The number of fused-ring (bicyclic) bond motifs is 1. The second kappa shape index (κ2) is 11.2. The van der Waals surface area contributed by atoms with E-state index < -0.39 is 0 Å². The van der Waals surface area contributed by atoms with E-state index in [4.69, 9.17) is 0 Å². The summed E-state index contributed by atoms with van der Waals surface area (Å²) in [6.45, 7) is 10.5. The lowest BCUT2D eigenvalue weighted by Gasteiger charge is -2.35. The molecule has 2 heterocycles. The van der Waals surface area contributed by atoms with Crippen LogP contribution >= 0.6 is 24.8 Å². The van der Waals surface area contributed by atoms with Crippen molar-refractivity contribution in [3.05, 3.63) is 29.3 Å². The highest BCUT2D eigenvalue weighted by Gasteiger charge is 2.28. The summed E-state index contributed by atoms with van der Waals surface area (Å²) < 4.78 is 0. The van der Waals surface area contributed by atoms with Gasteiger partial charge in [-0.25, -0.2) is 0 Å². The number of carbonyl (C=O) groups is 1. The van der Waals surface area contributed by atoms with E-state index in [1.54, 1.807) is 12.1 Å². The van der Waals surface area contributed by atoms with Crippen LogP contribution in [0.25, 0.3) is 0 Å². The number of halogens is 2. The second-order valence-electron chi connectivity index (χ2n) is 8.43. The van der Waals surface area contributed by atoms with Crippen molar-refractivity contribution in [1.29, 1.82) is 0 Å². The smallest absolute Gasteiger partial charge is 0.237 e. The maximum atomic E-state index is 12.8. The SMILES string of the molecule is CC1CCN(C[C@H](NC(=O)[C@H]2Cc3ccc(O)cc3CN2)C(C)C)CC1.Cl.Cl. The zero-order valence-electron chi connectivity index (χ0n) is 17.1. The van der Waals surface area contributed by atoms with E-state index >= 15 is 0 Å². The van der Waals surface area contributed by atoms with E-state index in [-0.39, 0.29) is 48.6 Å². The lowest BCUT2D eigenvalue weighted by molar-refractivity contribution is -0.124. The number of phenolic OH excluding ortho intramolecular Hbond substituents is 1. The van der Waals surface area contributed by atoms with Gasteiger partial charge in [-0.05, 0) is 67.4 Å². The van der Waals surface area contributed by atoms with E-state index in [1.165, 1.54) is 12.8 Å². The Balaban J connectivity index is 0.00000196. The van der Waals surface area contributed by atoms with Crippen LogP contribution in [-0.4, -0.2) is 47.6 Å². The first-order chi connectivity index (χ1) is 12.4. The molecule has 0 aromatic heterocycles. The van der Waals surface area contributed by atoms with Crippen LogP contribution in [0.1, 0.15) is 44.7 Å². The Kier molecular flexibility index (Phi) is 10.1. The summed E-state index contributed by atoms with van der Waals surface area (Å²) in [7, 11) is 0. The summed E-state index contributed by atoms with van der Waals surface area (Å²) in [6.07, 6.45) is 3.19. The van der Waals surface area contributed by atoms with E-state index in [0.717, 1.165) is 36.7 Å². The zero-order valence-corrected chi connectivity index (χ0v) is 18.7. The van der Waals surface area contributed by atoms with Crippen LogP contribution in [0.3, 0.4) is 0 Å². The van der Waals surface area contributed by atoms with Crippen LogP contribution in [0.2, 0.25) is 0 Å². The molecule has 0 unspecified atom stereocenters. The number of amides is 1. The molecular formula is C21H35Cl2N3O2. The number of nitrogens with one attached hydrogen (secondary N) is 2. The third kappa shape index (κ3) is 6.51. The zero-order chi connectivity index (χ0) is 18.7. The molecule has 7 heteroatoms. The van der Waals surface area contributed by atoms with Crippen molar-refractivity contribution >= 4 is 30.7 Å². The van der Waals surface area contributed by atoms with E-state index in [0.29, 0.717) is 18.9 Å². The summed E-state index contributed by atoms with van der Waals surface area (Å²) in [5, 5.41) is 16.2.